The van der Waals surface area contributed by atoms with E-state index in [4.69, 9.17) is 5.73 Å². The second-order valence-corrected chi connectivity index (χ2v) is 8.23. The van der Waals surface area contributed by atoms with Crippen molar-refractivity contribution in [3.63, 3.8) is 0 Å². The van der Waals surface area contributed by atoms with Gasteiger partial charge in [0.15, 0.2) is 10.7 Å². The summed E-state index contributed by atoms with van der Waals surface area (Å²) in [5, 5.41) is 3.79. The van der Waals surface area contributed by atoms with Gasteiger partial charge in [-0.05, 0) is 23.7 Å². The van der Waals surface area contributed by atoms with Crippen LogP contribution in [-0.4, -0.2) is 48.7 Å². The van der Waals surface area contributed by atoms with E-state index in [0.717, 1.165) is 33.8 Å². The number of aromatic nitrogens is 1. The first-order valence-corrected chi connectivity index (χ1v) is 8.81. The Morgan fingerprint density at radius 2 is 2.22 bits per heavy atom. The molecule has 1 atom stereocenters. The van der Waals surface area contributed by atoms with Crippen molar-refractivity contribution in [2.45, 2.75) is 17.4 Å². The molecule has 9 heteroatoms. The van der Waals surface area contributed by atoms with Crippen molar-refractivity contribution in [2.24, 2.45) is 0 Å². The Hall–Kier alpha value is -0.510. The van der Waals surface area contributed by atoms with Gasteiger partial charge in [0.25, 0.3) is 0 Å². The molecule has 0 spiro atoms. The Labute approximate surface area is 115 Å². The highest BCUT2D eigenvalue weighted by molar-refractivity contribution is 7.99. The van der Waals surface area contributed by atoms with Crippen LogP contribution in [0.1, 0.15) is 6.42 Å². The molecule has 1 aliphatic heterocycles. The van der Waals surface area contributed by atoms with Crippen molar-refractivity contribution in [3.8, 4) is 0 Å². The summed E-state index contributed by atoms with van der Waals surface area (Å²) in [7, 11) is -0.574. The van der Waals surface area contributed by atoms with Crippen molar-refractivity contribution in [1.82, 2.24) is 8.68 Å². The zero-order valence-corrected chi connectivity index (χ0v) is 12.7. The molecule has 0 saturated carbocycles. The maximum atomic E-state index is 12.2. The molecule has 0 aliphatic carbocycles. The number of nitrogens with zero attached hydrogens (tertiary/aromatic N) is 2. The van der Waals surface area contributed by atoms with E-state index in [0.29, 0.717) is 11.0 Å². The number of nitrogens with one attached hydrogen (secondary N) is 1. The van der Waals surface area contributed by atoms with Gasteiger partial charge in [-0.25, -0.2) is 12.7 Å². The first-order chi connectivity index (χ1) is 8.43. The topological polar surface area (TPSA) is 88.3 Å². The summed E-state index contributed by atoms with van der Waals surface area (Å²) in [5.41, 5.74) is 5.69. The summed E-state index contributed by atoms with van der Waals surface area (Å²) in [6, 6.07) is 0.297. The molecule has 3 N–H and O–H groups in total. The average Bonchev–Trinajstić information content (AvgIpc) is 2.89. The van der Waals surface area contributed by atoms with Crippen LogP contribution in [0, 0.1) is 0 Å². The fourth-order valence-electron chi connectivity index (χ4n) is 1.65. The summed E-state index contributed by atoms with van der Waals surface area (Å²) in [5.74, 6) is 2.16. The molecule has 1 saturated heterocycles. The molecule has 0 radical (unpaired) electrons. The third-order valence-electron chi connectivity index (χ3n) is 2.68. The predicted octanol–water partition coefficient (Wildman–Crippen LogP) is 0.893. The van der Waals surface area contributed by atoms with Gasteiger partial charge in [0.2, 0.25) is 10.0 Å². The maximum absolute atomic E-state index is 12.2. The molecule has 2 heterocycles. The summed E-state index contributed by atoms with van der Waals surface area (Å²) in [6.45, 7) is 0. The van der Waals surface area contributed by atoms with Crippen molar-refractivity contribution in [2.75, 3.05) is 36.7 Å². The van der Waals surface area contributed by atoms with Gasteiger partial charge in [-0.2, -0.15) is 16.1 Å². The lowest BCUT2D eigenvalue weighted by atomic mass is 10.3. The summed E-state index contributed by atoms with van der Waals surface area (Å²) in [4.78, 5) is 0.106. The number of anilines is 2. The fraction of sp³-hybridized carbons (Fsp3) is 0.667. The molecule has 6 nitrogen and oxygen atoms in total. The Kier molecular flexibility index (Phi) is 4.05. The van der Waals surface area contributed by atoms with Crippen LogP contribution in [0.4, 0.5) is 10.8 Å². The van der Waals surface area contributed by atoms with Crippen molar-refractivity contribution in [3.05, 3.63) is 0 Å². The molecule has 102 valence electrons. The van der Waals surface area contributed by atoms with Crippen LogP contribution in [-0.2, 0) is 10.0 Å². The minimum atomic E-state index is -3.55. The molecule has 1 fully saturated rings. The van der Waals surface area contributed by atoms with Gasteiger partial charge in [0, 0.05) is 25.9 Å². The van der Waals surface area contributed by atoms with Gasteiger partial charge in [0.1, 0.15) is 5.00 Å². The molecule has 0 amide bonds. The van der Waals surface area contributed by atoms with Gasteiger partial charge in [0.05, 0.1) is 0 Å². The third kappa shape index (κ3) is 2.58. The van der Waals surface area contributed by atoms with Crippen LogP contribution in [0.15, 0.2) is 4.90 Å². The van der Waals surface area contributed by atoms with E-state index in [2.05, 4.69) is 9.69 Å². The minimum absolute atomic E-state index is 0.0712. The first-order valence-electron chi connectivity index (χ1n) is 5.45. The lowest BCUT2D eigenvalue weighted by Crippen LogP contribution is -2.25. The highest BCUT2D eigenvalue weighted by Crippen LogP contribution is 2.34. The number of hydrogen-bond acceptors (Lipinski definition) is 7. The molecular formula is C9H16N4O2S3. The number of rotatable bonds is 4. The second-order valence-electron chi connectivity index (χ2n) is 4.22. The molecular weight excluding hydrogens is 292 g/mol. The smallest absolute Gasteiger partial charge is 0.249 e. The minimum Gasteiger partial charge on any atom is -0.382 e. The van der Waals surface area contributed by atoms with E-state index in [1.807, 2.05) is 11.8 Å². The van der Waals surface area contributed by atoms with Crippen LogP contribution >= 0.6 is 23.3 Å². The molecule has 1 aromatic rings. The number of nitrogen functional groups attached to an aromatic ring is 1. The Balaban J connectivity index is 2.32. The highest BCUT2D eigenvalue weighted by Gasteiger charge is 2.29. The quantitative estimate of drug-likeness (QED) is 0.859. The molecule has 1 aromatic heterocycles. The van der Waals surface area contributed by atoms with Gasteiger partial charge in [-0.15, -0.1) is 0 Å². The van der Waals surface area contributed by atoms with Crippen LogP contribution in [0.2, 0.25) is 0 Å². The van der Waals surface area contributed by atoms with Crippen LogP contribution in [0.5, 0.6) is 0 Å². The predicted molar refractivity (Wildman–Crippen MR) is 76.8 cm³/mol. The van der Waals surface area contributed by atoms with E-state index in [1.165, 1.54) is 14.1 Å². The van der Waals surface area contributed by atoms with Crippen molar-refractivity contribution in [1.29, 1.82) is 0 Å². The van der Waals surface area contributed by atoms with Gasteiger partial charge < -0.3 is 11.1 Å². The van der Waals surface area contributed by atoms with Crippen LogP contribution in [0.3, 0.4) is 0 Å². The standard InChI is InChI=1S/C9H16N4O2S3/c1-13(2)18(14,15)7-8(10)12-17-9(7)11-6-3-4-16-5-6/h6,11H,3-5H2,1-2H3,(H2,10,12). The number of thioether (sulfide) groups is 1. The van der Waals surface area contributed by atoms with E-state index in [1.54, 1.807) is 0 Å². The second kappa shape index (κ2) is 5.24. The summed E-state index contributed by atoms with van der Waals surface area (Å²) >= 11 is 2.96. The Morgan fingerprint density at radius 3 is 2.78 bits per heavy atom. The molecule has 2 rings (SSSR count). The molecule has 0 aromatic carbocycles. The number of hydrogen-bond donors (Lipinski definition) is 2. The lowest BCUT2D eigenvalue weighted by molar-refractivity contribution is 0.521. The number of nitrogens with two attached hydrogens (primary N) is 1. The zero-order valence-electron chi connectivity index (χ0n) is 10.2. The van der Waals surface area contributed by atoms with E-state index in [9.17, 15) is 8.42 Å². The van der Waals surface area contributed by atoms with Crippen LogP contribution < -0.4 is 11.1 Å². The molecule has 0 bridgehead atoms. The molecule has 18 heavy (non-hydrogen) atoms. The first kappa shape index (κ1) is 13.9. The monoisotopic (exact) mass is 308 g/mol. The van der Waals surface area contributed by atoms with E-state index < -0.39 is 10.0 Å². The summed E-state index contributed by atoms with van der Waals surface area (Å²) in [6.07, 6.45) is 1.03. The van der Waals surface area contributed by atoms with E-state index in [-0.39, 0.29) is 10.7 Å². The van der Waals surface area contributed by atoms with Crippen molar-refractivity contribution >= 4 is 44.1 Å². The molecule has 1 unspecified atom stereocenters. The van der Waals surface area contributed by atoms with E-state index >= 15 is 0 Å². The fourth-order valence-corrected chi connectivity index (χ4v) is 4.95. The third-order valence-corrected chi connectivity index (χ3v) is 6.65. The normalized spacial score (nSPS) is 20.5. The SMILES string of the molecule is CN(C)S(=O)(=O)c1c(N)nsc1NC1CCSC1. The Bertz CT molecular complexity index is 520. The highest BCUT2D eigenvalue weighted by atomic mass is 32.2. The van der Waals surface area contributed by atoms with Crippen molar-refractivity contribution < 1.29 is 8.42 Å². The Morgan fingerprint density at radius 1 is 1.50 bits per heavy atom. The van der Waals surface area contributed by atoms with Gasteiger partial charge >= 0.3 is 0 Å². The van der Waals surface area contributed by atoms with Gasteiger partial charge in [-0.1, -0.05) is 0 Å². The summed E-state index contributed by atoms with van der Waals surface area (Å²) < 4.78 is 29.5. The zero-order chi connectivity index (χ0) is 13.3. The largest absolute Gasteiger partial charge is 0.382 e. The number of sulfonamides is 1. The average molecular weight is 308 g/mol. The lowest BCUT2D eigenvalue weighted by Gasteiger charge is -2.15. The maximum Gasteiger partial charge on any atom is 0.249 e. The molecule has 1 aliphatic rings. The van der Waals surface area contributed by atoms with Gasteiger partial charge in [-0.3, -0.25) is 0 Å². The van der Waals surface area contributed by atoms with Crippen LogP contribution in [0.25, 0.3) is 0 Å².